The first-order chi connectivity index (χ1) is 7.52. The molecule has 4 nitrogen and oxygen atoms in total. The smallest absolute Gasteiger partial charge is 0.0897 e. The lowest BCUT2D eigenvalue weighted by Crippen LogP contribution is -2.32. The molecule has 0 aromatic carbocycles. The summed E-state index contributed by atoms with van der Waals surface area (Å²) in [6.07, 6.45) is 0.713. The Morgan fingerprint density at radius 3 is 2.50 bits per heavy atom. The van der Waals surface area contributed by atoms with E-state index in [-0.39, 0.29) is 0 Å². The average Bonchev–Trinajstić information content (AvgIpc) is 2.16. The first-order valence-electron chi connectivity index (χ1n) is 6.13. The zero-order valence-corrected chi connectivity index (χ0v) is 11.2. The van der Waals surface area contributed by atoms with Gasteiger partial charge in [0, 0.05) is 13.2 Å². The minimum atomic E-state index is -0.391. The quantitative estimate of drug-likeness (QED) is 0.540. The topological polar surface area (TPSA) is 44.7 Å². The Morgan fingerprint density at radius 2 is 1.94 bits per heavy atom. The average molecular weight is 232 g/mol. The Balaban J connectivity index is 3.20. The molecule has 0 bridgehead atoms. The predicted octanol–water partition coefficient (Wildman–Crippen LogP) is 0.561. The molecule has 0 aliphatic heterocycles. The molecule has 0 spiro atoms. The van der Waals surface area contributed by atoms with Crippen LogP contribution in [0, 0.1) is 5.92 Å². The Labute approximate surface area is 100.0 Å². The van der Waals surface area contributed by atoms with Crippen LogP contribution in [-0.4, -0.2) is 63.1 Å². The molecule has 16 heavy (non-hydrogen) atoms. The monoisotopic (exact) mass is 232 g/mol. The van der Waals surface area contributed by atoms with Crippen LogP contribution in [0.25, 0.3) is 0 Å². The normalized spacial score (nSPS) is 13.7. The van der Waals surface area contributed by atoms with E-state index in [4.69, 9.17) is 4.74 Å². The molecule has 0 heterocycles. The molecule has 1 unspecified atom stereocenters. The van der Waals surface area contributed by atoms with Gasteiger partial charge in [-0.3, -0.25) is 0 Å². The molecule has 0 amide bonds. The molecule has 0 aromatic heterocycles. The molecular formula is C12H28N2O2. The summed E-state index contributed by atoms with van der Waals surface area (Å²) in [7, 11) is 4.13. The maximum atomic E-state index is 9.57. The summed E-state index contributed by atoms with van der Waals surface area (Å²) in [6, 6.07) is 0. The lowest BCUT2D eigenvalue weighted by Gasteiger charge is -2.14. The maximum Gasteiger partial charge on any atom is 0.0897 e. The second-order valence-corrected chi connectivity index (χ2v) is 4.95. The molecule has 0 aliphatic carbocycles. The van der Waals surface area contributed by atoms with Crippen molar-refractivity contribution in [3.05, 3.63) is 0 Å². The van der Waals surface area contributed by atoms with Crippen molar-refractivity contribution in [1.82, 2.24) is 10.2 Å². The van der Waals surface area contributed by atoms with E-state index in [1.54, 1.807) is 0 Å². The van der Waals surface area contributed by atoms with Gasteiger partial charge in [-0.15, -0.1) is 0 Å². The van der Waals surface area contributed by atoms with Crippen LogP contribution in [0.2, 0.25) is 0 Å². The van der Waals surface area contributed by atoms with Crippen LogP contribution in [0.3, 0.4) is 0 Å². The fourth-order valence-corrected chi connectivity index (χ4v) is 1.29. The van der Waals surface area contributed by atoms with Crippen molar-refractivity contribution in [3.8, 4) is 0 Å². The summed E-state index contributed by atoms with van der Waals surface area (Å²) < 4.78 is 5.35. The van der Waals surface area contributed by atoms with Crippen molar-refractivity contribution in [2.24, 2.45) is 5.92 Å². The van der Waals surface area contributed by atoms with Gasteiger partial charge in [-0.2, -0.15) is 0 Å². The summed E-state index contributed by atoms with van der Waals surface area (Å²) in [5.74, 6) is 0.528. The van der Waals surface area contributed by atoms with Gasteiger partial charge >= 0.3 is 0 Å². The molecule has 98 valence electrons. The van der Waals surface area contributed by atoms with Crippen molar-refractivity contribution < 1.29 is 9.84 Å². The number of rotatable bonds is 10. The number of nitrogens with one attached hydrogen (secondary N) is 1. The first kappa shape index (κ1) is 15.8. The number of nitrogens with zero attached hydrogens (tertiary/aromatic N) is 1. The highest BCUT2D eigenvalue weighted by atomic mass is 16.5. The van der Waals surface area contributed by atoms with Gasteiger partial charge in [0.2, 0.25) is 0 Å². The predicted molar refractivity (Wildman–Crippen MR) is 67.7 cm³/mol. The van der Waals surface area contributed by atoms with Crippen molar-refractivity contribution in [3.63, 3.8) is 0 Å². The number of ether oxygens (including phenoxy) is 1. The summed E-state index contributed by atoms with van der Waals surface area (Å²) in [4.78, 5) is 2.16. The molecule has 0 aromatic rings. The van der Waals surface area contributed by atoms with Gasteiger partial charge in [0.1, 0.15) is 0 Å². The zero-order chi connectivity index (χ0) is 12.4. The highest BCUT2D eigenvalue weighted by Gasteiger charge is 2.04. The van der Waals surface area contributed by atoms with E-state index in [0.717, 1.165) is 26.1 Å². The molecule has 1 atom stereocenters. The van der Waals surface area contributed by atoms with Crippen LogP contribution in [0.1, 0.15) is 20.3 Å². The highest BCUT2D eigenvalue weighted by Crippen LogP contribution is 1.93. The standard InChI is InChI=1S/C12H28N2O2/c1-11(2)9-16-10-12(15)8-13-6-5-7-14(3)4/h11-13,15H,5-10H2,1-4H3. The van der Waals surface area contributed by atoms with E-state index in [9.17, 15) is 5.11 Å². The van der Waals surface area contributed by atoms with Gasteiger partial charge in [0.05, 0.1) is 12.7 Å². The number of aliphatic hydroxyl groups is 1. The van der Waals surface area contributed by atoms with Gasteiger partial charge in [-0.1, -0.05) is 13.8 Å². The van der Waals surface area contributed by atoms with E-state index < -0.39 is 6.10 Å². The summed E-state index contributed by atoms with van der Waals surface area (Å²) in [5.41, 5.74) is 0. The fourth-order valence-electron chi connectivity index (χ4n) is 1.29. The van der Waals surface area contributed by atoms with Crippen LogP contribution >= 0.6 is 0 Å². The Bertz CT molecular complexity index is 152. The summed E-state index contributed by atoms with van der Waals surface area (Å²) in [6.45, 7) is 7.99. The van der Waals surface area contributed by atoms with E-state index in [1.807, 2.05) is 0 Å². The Morgan fingerprint density at radius 1 is 1.25 bits per heavy atom. The minimum absolute atomic E-state index is 0.391. The largest absolute Gasteiger partial charge is 0.389 e. The van der Waals surface area contributed by atoms with Crippen molar-refractivity contribution in [1.29, 1.82) is 0 Å². The van der Waals surface area contributed by atoms with Gasteiger partial charge in [0.25, 0.3) is 0 Å². The minimum Gasteiger partial charge on any atom is -0.389 e. The van der Waals surface area contributed by atoms with Gasteiger partial charge in [-0.05, 0) is 39.5 Å². The van der Waals surface area contributed by atoms with Gasteiger partial charge < -0.3 is 20.1 Å². The molecule has 0 saturated heterocycles. The van der Waals surface area contributed by atoms with Crippen LogP contribution < -0.4 is 5.32 Å². The highest BCUT2D eigenvalue weighted by molar-refractivity contribution is 4.59. The molecule has 0 saturated carbocycles. The van der Waals surface area contributed by atoms with E-state index >= 15 is 0 Å². The van der Waals surface area contributed by atoms with E-state index in [1.165, 1.54) is 0 Å². The SMILES string of the molecule is CC(C)COCC(O)CNCCCN(C)C. The van der Waals surface area contributed by atoms with Crippen molar-refractivity contribution >= 4 is 0 Å². The molecule has 0 fully saturated rings. The lowest BCUT2D eigenvalue weighted by molar-refractivity contribution is 0.0262. The third-order valence-electron chi connectivity index (χ3n) is 2.10. The molecule has 0 aliphatic rings. The molecule has 0 rings (SSSR count). The first-order valence-corrected chi connectivity index (χ1v) is 6.13. The molecule has 2 N–H and O–H groups in total. The Hall–Kier alpha value is -0.160. The van der Waals surface area contributed by atoms with Gasteiger partial charge in [0.15, 0.2) is 0 Å². The number of hydrogen-bond donors (Lipinski definition) is 2. The van der Waals surface area contributed by atoms with E-state index in [2.05, 4.69) is 38.2 Å². The fraction of sp³-hybridized carbons (Fsp3) is 1.00. The Kier molecular flexibility index (Phi) is 9.92. The molecule has 4 heteroatoms. The second-order valence-electron chi connectivity index (χ2n) is 4.95. The van der Waals surface area contributed by atoms with E-state index in [0.29, 0.717) is 19.1 Å². The maximum absolute atomic E-state index is 9.57. The van der Waals surface area contributed by atoms with Crippen LogP contribution in [0.4, 0.5) is 0 Å². The third-order valence-corrected chi connectivity index (χ3v) is 2.10. The number of hydrogen-bond acceptors (Lipinski definition) is 4. The van der Waals surface area contributed by atoms with Crippen LogP contribution in [0.15, 0.2) is 0 Å². The van der Waals surface area contributed by atoms with Crippen molar-refractivity contribution in [2.75, 3.05) is 46.9 Å². The number of aliphatic hydroxyl groups excluding tert-OH is 1. The van der Waals surface area contributed by atoms with Crippen molar-refractivity contribution in [2.45, 2.75) is 26.4 Å². The summed E-state index contributed by atoms with van der Waals surface area (Å²) in [5, 5.41) is 12.8. The van der Waals surface area contributed by atoms with Crippen LogP contribution in [0.5, 0.6) is 0 Å². The molecule has 0 radical (unpaired) electrons. The van der Waals surface area contributed by atoms with Gasteiger partial charge in [-0.25, -0.2) is 0 Å². The lowest BCUT2D eigenvalue weighted by atomic mass is 10.2. The molecular weight excluding hydrogens is 204 g/mol. The summed E-state index contributed by atoms with van der Waals surface area (Å²) >= 11 is 0. The third kappa shape index (κ3) is 11.9. The second kappa shape index (κ2) is 10.0. The zero-order valence-electron chi connectivity index (χ0n) is 11.2. The van der Waals surface area contributed by atoms with Crippen LogP contribution in [-0.2, 0) is 4.74 Å².